The number of rotatable bonds is 0. The number of hydrogen-bond donors (Lipinski definition) is 2. The first-order chi connectivity index (χ1) is 3.30. The Morgan fingerprint density at radius 1 is 1.86 bits per heavy atom. The van der Waals surface area contributed by atoms with Crippen LogP contribution >= 0.6 is 0 Å². The van der Waals surface area contributed by atoms with Gasteiger partial charge in [0, 0.05) is 11.8 Å². The molecule has 1 aliphatic rings. The average molecular weight is 96.1 g/mol. The summed E-state index contributed by atoms with van der Waals surface area (Å²) in [5, 5.41) is 7.04. The first-order valence-corrected chi connectivity index (χ1v) is 2.31. The Bertz CT molecular complexity index is 115. The highest BCUT2D eigenvalue weighted by Crippen LogP contribution is 2.01. The van der Waals surface area contributed by atoms with Crippen molar-refractivity contribution in [3.63, 3.8) is 0 Å². The minimum absolute atomic E-state index is 0.0139. The van der Waals surface area contributed by atoms with Crippen LogP contribution in [0.5, 0.6) is 0 Å². The maximum Gasteiger partial charge on any atom is 0.0497 e. The summed E-state index contributed by atoms with van der Waals surface area (Å²) < 4.78 is 0. The standard InChI is InChI=1S/C5H8N2/c6-4-2-1-3-5(4)7/h1-2,5-6H,3,7H2. The van der Waals surface area contributed by atoms with Crippen LogP contribution in [0.25, 0.3) is 0 Å². The van der Waals surface area contributed by atoms with Gasteiger partial charge in [-0.3, -0.25) is 0 Å². The van der Waals surface area contributed by atoms with Gasteiger partial charge in [-0.15, -0.1) is 0 Å². The van der Waals surface area contributed by atoms with E-state index in [1.807, 2.05) is 6.08 Å². The summed E-state index contributed by atoms with van der Waals surface area (Å²) in [7, 11) is 0. The molecular formula is C5H8N2. The second kappa shape index (κ2) is 1.46. The molecule has 1 unspecified atom stereocenters. The van der Waals surface area contributed by atoms with Crippen LogP contribution in [0.1, 0.15) is 6.42 Å². The number of hydrogen-bond acceptors (Lipinski definition) is 2. The van der Waals surface area contributed by atoms with Gasteiger partial charge < -0.3 is 11.1 Å². The van der Waals surface area contributed by atoms with Crippen molar-refractivity contribution in [1.29, 1.82) is 5.41 Å². The zero-order valence-corrected chi connectivity index (χ0v) is 4.02. The molecule has 1 atom stereocenters. The molecule has 0 aromatic carbocycles. The van der Waals surface area contributed by atoms with Crippen molar-refractivity contribution in [1.82, 2.24) is 0 Å². The summed E-state index contributed by atoms with van der Waals surface area (Å²) in [6.45, 7) is 0. The van der Waals surface area contributed by atoms with Crippen LogP contribution in [0, 0.1) is 5.41 Å². The van der Waals surface area contributed by atoms with Crippen molar-refractivity contribution in [3.05, 3.63) is 12.2 Å². The minimum Gasteiger partial charge on any atom is -0.322 e. The average Bonchev–Trinajstić information content (AvgIpc) is 1.91. The monoisotopic (exact) mass is 96.1 g/mol. The fourth-order valence-corrected chi connectivity index (χ4v) is 0.592. The summed E-state index contributed by atoms with van der Waals surface area (Å²) in [5.74, 6) is 0. The van der Waals surface area contributed by atoms with Crippen LogP contribution in [-0.2, 0) is 0 Å². The Kier molecular flexibility index (Phi) is 0.947. The van der Waals surface area contributed by atoms with Gasteiger partial charge in [-0.05, 0) is 12.5 Å². The van der Waals surface area contributed by atoms with Gasteiger partial charge in [-0.25, -0.2) is 0 Å². The smallest absolute Gasteiger partial charge is 0.0497 e. The summed E-state index contributed by atoms with van der Waals surface area (Å²) in [4.78, 5) is 0. The molecule has 1 rings (SSSR count). The van der Waals surface area contributed by atoms with E-state index in [-0.39, 0.29) is 6.04 Å². The van der Waals surface area contributed by atoms with Gasteiger partial charge in [0.15, 0.2) is 0 Å². The largest absolute Gasteiger partial charge is 0.322 e. The molecular weight excluding hydrogens is 88.1 g/mol. The first kappa shape index (κ1) is 4.53. The second-order valence-electron chi connectivity index (χ2n) is 1.70. The quantitative estimate of drug-likeness (QED) is 0.447. The van der Waals surface area contributed by atoms with Crippen LogP contribution in [0.4, 0.5) is 0 Å². The SMILES string of the molecule is N=C1C=CCC1N. The predicted molar refractivity (Wildman–Crippen MR) is 29.5 cm³/mol. The van der Waals surface area contributed by atoms with E-state index in [2.05, 4.69) is 0 Å². The Morgan fingerprint density at radius 2 is 2.57 bits per heavy atom. The zero-order valence-electron chi connectivity index (χ0n) is 4.02. The van der Waals surface area contributed by atoms with Gasteiger partial charge in [0.1, 0.15) is 0 Å². The normalized spacial score (nSPS) is 29.3. The molecule has 0 bridgehead atoms. The molecule has 0 aliphatic heterocycles. The van der Waals surface area contributed by atoms with Crippen LogP contribution in [0.15, 0.2) is 12.2 Å². The minimum atomic E-state index is -0.0139. The van der Waals surface area contributed by atoms with E-state index in [0.717, 1.165) is 6.42 Å². The Balaban J connectivity index is 2.62. The lowest BCUT2D eigenvalue weighted by Gasteiger charge is -1.96. The summed E-state index contributed by atoms with van der Waals surface area (Å²) >= 11 is 0. The molecule has 0 saturated carbocycles. The third-order valence-corrected chi connectivity index (χ3v) is 1.09. The van der Waals surface area contributed by atoms with E-state index < -0.39 is 0 Å². The molecule has 0 aromatic heterocycles. The lowest BCUT2D eigenvalue weighted by Crippen LogP contribution is -2.23. The second-order valence-corrected chi connectivity index (χ2v) is 1.70. The summed E-state index contributed by atoms with van der Waals surface area (Å²) in [6.07, 6.45) is 4.52. The van der Waals surface area contributed by atoms with Crippen molar-refractivity contribution < 1.29 is 0 Å². The topological polar surface area (TPSA) is 49.9 Å². The van der Waals surface area contributed by atoms with E-state index in [4.69, 9.17) is 11.1 Å². The van der Waals surface area contributed by atoms with E-state index in [1.165, 1.54) is 0 Å². The molecule has 0 fully saturated rings. The van der Waals surface area contributed by atoms with Crippen LogP contribution < -0.4 is 5.73 Å². The van der Waals surface area contributed by atoms with E-state index in [1.54, 1.807) is 6.08 Å². The van der Waals surface area contributed by atoms with Crippen LogP contribution in [0.3, 0.4) is 0 Å². The Hall–Kier alpha value is -0.630. The summed E-state index contributed by atoms with van der Waals surface area (Å²) in [5.41, 5.74) is 5.95. The molecule has 3 N–H and O–H groups in total. The highest BCUT2D eigenvalue weighted by molar-refractivity contribution is 5.98. The van der Waals surface area contributed by atoms with Crippen molar-refractivity contribution in [2.45, 2.75) is 12.5 Å². The summed E-state index contributed by atoms with van der Waals surface area (Å²) in [6, 6.07) is -0.0139. The highest BCUT2D eigenvalue weighted by Gasteiger charge is 2.08. The lowest BCUT2D eigenvalue weighted by atomic mass is 10.2. The molecule has 1 aliphatic carbocycles. The Morgan fingerprint density at radius 3 is 2.71 bits per heavy atom. The predicted octanol–water partition coefficient (Wildman–Crippen LogP) is 0.293. The number of nitrogens with one attached hydrogen (secondary N) is 1. The lowest BCUT2D eigenvalue weighted by molar-refractivity contribution is 0.897. The number of nitrogens with two attached hydrogens (primary N) is 1. The molecule has 0 saturated heterocycles. The fraction of sp³-hybridized carbons (Fsp3) is 0.400. The fourth-order valence-electron chi connectivity index (χ4n) is 0.592. The van der Waals surface area contributed by atoms with Gasteiger partial charge in [0.2, 0.25) is 0 Å². The van der Waals surface area contributed by atoms with Crippen molar-refractivity contribution >= 4 is 5.71 Å². The first-order valence-electron chi connectivity index (χ1n) is 2.31. The highest BCUT2D eigenvalue weighted by atomic mass is 14.7. The van der Waals surface area contributed by atoms with Crippen molar-refractivity contribution in [3.8, 4) is 0 Å². The maximum atomic E-state index is 7.04. The molecule has 2 heteroatoms. The third-order valence-electron chi connectivity index (χ3n) is 1.09. The van der Waals surface area contributed by atoms with Crippen molar-refractivity contribution in [2.24, 2.45) is 5.73 Å². The van der Waals surface area contributed by atoms with Gasteiger partial charge in [0.05, 0.1) is 0 Å². The maximum absolute atomic E-state index is 7.04. The van der Waals surface area contributed by atoms with Crippen LogP contribution in [-0.4, -0.2) is 11.8 Å². The van der Waals surface area contributed by atoms with E-state index in [9.17, 15) is 0 Å². The molecule has 0 amide bonds. The molecule has 7 heavy (non-hydrogen) atoms. The van der Waals surface area contributed by atoms with Crippen molar-refractivity contribution in [2.75, 3.05) is 0 Å². The zero-order chi connectivity index (χ0) is 5.28. The Labute approximate surface area is 42.5 Å². The third kappa shape index (κ3) is 0.695. The van der Waals surface area contributed by atoms with Crippen LogP contribution in [0.2, 0.25) is 0 Å². The molecule has 38 valence electrons. The molecule has 0 aromatic rings. The van der Waals surface area contributed by atoms with Gasteiger partial charge in [0.25, 0.3) is 0 Å². The molecule has 0 spiro atoms. The van der Waals surface area contributed by atoms with Gasteiger partial charge in [-0.2, -0.15) is 0 Å². The van der Waals surface area contributed by atoms with Gasteiger partial charge in [-0.1, -0.05) is 6.08 Å². The van der Waals surface area contributed by atoms with E-state index >= 15 is 0 Å². The van der Waals surface area contributed by atoms with Gasteiger partial charge >= 0.3 is 0 Å². The molecule has 2 nitrogen and oxygen atoms in total. The molecule has 0 radical (unpaired) electrons. The molecule has 0 heterocycles. The van der Waals surface area contributed by atoms with E-state index in [0.29, 0.717) is 5.71 Å².